The summed E-state index contributed by atoms with van der Waals surface area (Å²) in [6, 6.07) is 8.14. The molecule has 0 aliphatic carbocycles. The van der Waals surface area contributed by atoms with E-state index in [-0.39, 0.29) is 12.1 Å². The second kappa shape index (κ2) is 9.92. The van der Waals surface area contributed by atoms with Gasteiger partial charge in [-0.25, -0.2) is 9.97 Å². The molecule has 0 saturated heterocycles. The predicted octanol–water partition coefficient (Wildman–Crippen LogP) is 4.76. The maximum Gasteiger partial charge on any atom is 0.305 e. The van der Waals surface area contributed by atoms with Crippen molar-refractivity contribution >= 4 is 5.97 Å². The SMILES string of the molecule is CCCCCc1cnc(-c2ccc(CC(C)OC(=O)CC)cc2)nc1. The molecule has 2 rings (SSSR count). The minimum absolute atomic E-state index is 0.114. The second-order valence-electron chi connectivity index (χ2n) is 6.43. The lowest BCUT2D eigenvalue weighted by atomic mass is 10.1. The highest BCUT2D eigenvalue weighted by Gasteiger charge is 2.09. The summed E-state index contributed by atoms with van der Waals surface area (Å²) >= 11 is 0. The summed E-state index contributed by atoms with van der Waals surface area (Å²) in [4.78, 5) is 20.3. The zero-order valence-corrected chi connectivity index (χ0v) is 15.5. The molecule has 0 radical (unpaired) electrons. The van der Waals surface area contributed by atoms with Crippen molar-refractivity contribution in [2.24, 2.45) is 0 Å². The highest BCUT2D eigenvalue weighted by Crippen LogP contribution is 2.17. The van der Waals surface area contributed by atoms with Crippen molar-refractivity contribution in [2.45, 2.75) is 65.4 Å². The summed E-state index contributed by atoms with van der Waals surface area (Å²) in [7, 11) is 0. The Kier molecular flexibility index (Phi) is 7.58. The third-order valence-electron chi connectivity index (χ3n) is 4.13. The Balaban J connectivity index is 1.94. The van der Waals surface area contributed by atoms with Gasteiger partial charge in [0, 0.05) is 30.8 Å². The third-order valence-corrected chi connectivity index (χ3v) is 4.13. The van der Waals surface area contributed by atoms with Crippen LogP contribution in [-0.4, -0.2) is 22.0 Å². The standard InChI is InChI=1S/C21H28N2O2/c1-4-6-7-8-18-14-22-21(23-15-18)19-11-9-17(10-12-19)13-16(3)25-20(24)5-2/h9-12,14-16H,4-8,13H2,1-3H3. The Morgan fingerprint density at radius 3 is 2.32 bits per heavy atom. The van der Waals surface area contributed by atoms with Crippen molar-refractivity contribution in [2.75, 3.05) is 0 Å². The summed E-state index contributed by atoms with van der Waals surface area (Å²) in [5.74, 6) is 0.591. The molecule has 1 aromatic heterocycles. The van der Waals surface area contributed by atoms with Crippen molar-refractivity contribution in [1.82, 2.24) is 9.97 Å². The molecule has 134 valence electrons. The summed E-state index contributed by atoms with van der Waals surface area (Å²) in [6.07, 6.45) is 9.57. The van der Waals surface area contributed by atoms with Gasteiger partial charge in [0.15, 0.2) is 5.82 Å². The second-order valence-corrected chi connectivity index (χ2v) is 6.43. The molecule has 1 aromatic carbocycles. The molecular formula is C21H28N2O2. The van der Waals surface area contributed by atoms with Gasteiger partial charge >= 0.3 is 5.97 Å². The maximum atomic E-state index is 11.3. The number of hydrogen-bond acceptors (Lipinski definition) is 4. The van der Waals surface area contributed by atoms with Gasteiger partial charge in [-0.2, -0.15) is 0 Å². The van der Waals surface area contributed by atoms with Crippen LogP contribution in [0.15, 0.2) is 36.7 Å². The molecule has 0 aliphatic rings. The highest BCUT2D eigenvalue weighted by molar-refractivity contribution is 5.69. The topological polar surface area (TPSA) is 52.1 Å². The van der Waals surface area contributed by atoms with Gasteiger partial charge in [0.25, 0.3) is 0 Å². The molecule has 1 heterocycles. The molecule has 0 spiro atoms. The van der Waals surface area contributed by atoms with Crippen molar-refractivity contribution in [3.8, 4) is 11.4 Å². The van der Waals surface area contributed by atoms with Gasteiger partial charge in [0.05, 0.1) is 0 Å². The minimum atomic E-state index is -0.156. The van der Waals surface area contributed by atoms with E-state index in [1.807, 2.05) is 43.6 Å². The van der Waals surface area contributed by atoms with E-state index in [9.17, 15) is 4.79 Å². The van der Waals surface area contributed by atoms with Crippen LogP contribution >= 0.6 is 0 Å². The monoisotopic (exact) mass is 340 g/mol. The van der Waals surface area contributed by atoms with E-state index >= 15 is 0 Å². The molecule has 1 atom stereocenters. The molecule has 0 N–H and O–H groups in total. The Hall–Kier alpha value is -2.23. The number of esters is 1. The van der Waals surface area contributed by atoms with Crippen LogP contribution in [-0.2, 0) is 22.4 Å². The predicted molar refractivity (Wildman–Crippen MR) is 100 cm³/mol. The molecule has 0 saturated carbocycles. The fourth-order valence-corrected chi connectivity index (χ4v) is 2.68. The maximum absolute atomic E-state index is 11.3. The van der Waals surface area contributed by atoms with E-state index in [1.165, 1.54) is 24.8 Å². The summed E-state index contributed by atoms with van der Waals surface area (Å²) in [6.45, 7) is 5.93. The van der Waals surface area contributed by atoms with Gasteiger partial charge in [-0.05, 0) is 30.9 Å². The quantitative estimate of drug-likeness (QED) is 0.488. The molecule has 25 heavy (non-hydrogen) atoms. The fraction of sp³-hybridized carbons (Fsp3) is 0.476. The number of carbonyl (C=O) groups is 1. The van der Waals surface area contributed by atoms with Gasteiger partial charge < -0.3 is 4.74 Å². The van der Waals surface area contributed by atoms with Crippen LogP contribution in [0.3, 0.4) is 0 Å². The summed E-state index contributed by atoms with van der Waals surface area (Å²) < 4.78 is 5.31. The molecule has 0 amide bonds. The van der Waals surface area contributed by atoms with E-state index in [4.69, 9.17) is 4.74 Å². The first-order valence-electron chi connectivity index (χ1n) is 9.22. The number of unbranched alkanes of at least 4 members (excludes halogenated alkanes) is 2. The first kappa shape index (κ1) is 19.1. The third kappa shape index (κ3) is 6.29. The lowest BCUT2D eigenvalue weighted by molar-refractivity contribution is -0.147. The Morgan fingerprint density at radius 2 is 1.72 bits per heavy atom. The number of aromatic nitrogens is 2. The zero-order chi connectivity index (χ0) is 18.1. The van der Waals surface area contributed by atoms with Gasteiger partial charge in [0.1, 0.15) is 6.10 Å². The largest absolute Gasteiger partial charge is 0.462 e. The van der Waals surface area contributed by atoms with Gasteiger partial charge in [-0.3, -0.25) is 4.79 Å². The van der Waals surface area contributed by atoms with Crippen LogP contribution < -0.4 is 0 Å². The first-order chi connectivity index (χ1) is 12.1. The number of ether oxygens (including phenoxy) is 1. The van der Waals surface area contributed by atoms with E-state index in [2.05, 4.69) is 16.9 Å². The van der Waals surface area contributed by atoms with E-state index in [0.717, 1.165) is 23.4 Å². The number of hydrogen-bond donors (Lipinski definition) is 0. The number of benzene rings is 1. The number of aryl methyl sites for hydroxylation is 1. The van der Waals surface area contributed by atoms with Crippen LogP contribution in [0.5, 0.6) is 0 Å². The van der Waals surface area contributed by atoms with Gasteiger partial charge in [-0.1, -0.05) is 51.0 Å². The lowest BCUT2D eigenvalue weighted by Crippen LogP contribution is -2.16. The normalized spacial score (nSPS) is 12.0. The first-order valence-corrected chi connectivity index (χ1v) is 9.22. The molecule has 1 unspecified atom stereocenters. The van der Waals surface area contributed by atoms with E-state index in [0.29, 0.717) is 12.8 Å². The average molecular weight is 340 g/mol. The number of rotatable bonds is 9. The molecule has 4 nitrogen and oxygen atoms in total. The zero-order valence-electron chi connectivity index (χ0n) is 15.5. The summed E-state index contributed by atoms with van der Waals surface area (Å²) in [5, 5.41) is 0. The molecule has 4 heteroatoms. The van der Waals surface area contributed by atoms with Crippen molar-refractivity contribution < 1.29 is 9.53 Å². The van der Waals surface area contributed by atoms with Crippen LogP contribution in [0.2, 0.25) is 0 Å². The summed E-state index contributed by atoms with van der Waals surface area (Å²) in [5.41, 5.74) is 3.33. The van der Waals surface area contributed by atoms with Crippen molar-refractivity contribution in [1.29, 1.82) is 0 Å². The Bertz CT molecular complexity index is 651. The van der Waals surface area contributed by atoms with Crippen LogP contribution in [0.1, 0.15) is 57.6 Å². The minimum Gasteiger partial charge on any atom is -0.462 e. The number of carbonyl (C=O) groups excluding carboxylic acids is 1. The molecular weight excluding hydrogens is 312 g/mol. The van der Waals surface area contributed by atoms with Crippen LogP contribution in [0.25, 0.3) is 11.4 Å². The van der Waals surface area contributed by atoms with Crippen LogP contribution in [0, 0.1) is 0 Å². The van der Waals surface area contributed by atoms with Gasteiger partial charge in [-0.15, -0.1) is 0 Å². The highest BCUT2D eigenvalue weighted by atomic mass is 16.5. The van der Waals surface area contributed by atoms with Gasteiger partial charge in [0.2, 0.25) is 0 Å². The molecule has 0 bridgehead atoms. The molecule has 0 fully saturated rings. The van der Waals surface area contributed by atoms with Crippen LogP contribution in [0.4, 0.5) is 0 Å². The average Bonchev–Trinajstić information content (AvgIpc) is 2.63. The molecule has 2 aromatic rings. The Morgan fingerprint density at radius 1 is 1.04 bits per heavy atom. The molecule has 0 aliphatic heterocycles. The number of nitrogens with zero attached hydrogens (tertiary/aromatic N) is 2. The van der Waals surface area contributed by atoms with E-state index in [1.54, 1.807) is 6.92 Å². The fourth-order valence-electron chi connectivity index (χ4n) is 2.68. The lowest BCUT2D eigenvalue weighted by Gasteiger charge is -2.13. The van der Waals surface area contributed by atoms with Crippen molar-refractivity contribution in [3.05, 3.63) is 47.8 Å². The smallest absolute Gasteiger partial charge is 0.305 e. The Labute approximate surface area is 150 Å². The van der Waals surface area contributed by atoms with E-state index < -0.39 is 0 Å². The van der Waals surface area contributed by atoms with Crippen molar-refractivity contribution in [3.63, 3.8) is 0 Å².